The number of rotatable bonds is 4. The zero-order valence-electron chi connectivity index (χ0n) is 9.68. The van der Waals surface area contributed by atoms with Crippen molar-refractivity contribution in [3.63, 3.8) is 0 Å². The molecule has 2 nitrogen and oxygen atoms in total. The first kappa shape index (κ1) is 12.3. The number of hydrogen-bond donors (Lipinski definition) is 2. The van der Waals surface area contributed by atoms with Crippen molar-refractivity contribution in [2.45, 2.75) is 56.9 Å². The molecule has 1 rings (SSSR count). The highest BCUT2D eigenvalue weighted by Gasteiger charge is 2.37. The predicted molar refractivity (Wildman–Crippen MR) is 65.8 cm³/mol. The van der Waals surface area contributed by atoms with Crippen LogP contribution in [-0.4, -0.2) is 29.1 Å². The summed E-state index contributed by atoms with van der Waals surface area (Å²) in [5.74, 6) is 1.30. The molecule has 1 heterocycles. The van der Waals surface area contributed by atoms with E-state index in [2.05, 4.69) is 37.8 Å². The van der Waals surface area contributed by atoms with Gasteiger partial charge in [-0.15, -0.1) is 0 Å². The molecule has 1 saturated heterocycles. The lowest BCUT2D eigenvalue weighted by atomic mass is 9.88. The molecule has 0 aliphatic carbocycles. The Morgan fingerprint density at radius 2 is 2.36 bits per heavy atom. The lowest BCUT2D eigenvalue weighted by molar-refractivity contribution is 0.266. The van der Waals surface area contributed by atoms with E-state index < -0.39 is 0 Å². The van der Waals surface area contributed by atoms with Crippen LogP contribution >= 0.6 is 11.8 Å². The summed E-state index contributed by atoms with van der Waals surface area (Å²) in [6.07, 6.45) is 3.72. The third kappa shape index (κ3) is 2.65. The van der Waals surface area contributed by atoms with Crippen molar-refractivity contribution in [2.75, 3.05) is 12.3 Å². The summed E-state index contributed by atoms with van der Waals surface area (Å²) >= 11 is 2.06. The minimum absolute atomic E-state index is 0.193. The monoisotopic (exact) mass is 216 g/mol. The van der Waals surface area contributed by atoms with Crippen molar-refractivity contribution in [2.24, 2.45) is 5.73 Å². The van der Waals surface area contributed by atoms with Gasteiger partial charge in [-0.3, -0.25) is 0 Å². The van der Waals surface area contributed by atoms with Gasteiger partial charge in [-0.2, -0.15) is 11.8 Å². The lowest BCUT2D eigenvalue weighted by Gasteiger charge is -2.44. The summed E-state index contributed by atoms with van der Waals surface area (Å²) < 4.78 is 0. The Kier molecular flexibility index (Phi) is 4.74. The van der Waals surface area contributed by atoms with Gasteiger partial charge in [0.05, 0.1) is 0 Å². The van der Waals surface area contributed by atoms with E-state index in [0.717, 1.165) is 6.54 Å². The topological polar surface area (TPSA) is 38.0 Å². The Labute approximate surface area is 92.4 Å². The van der Waals surface area contributed by atoms with Gasteiger partial charge in [-0.25, -0.2) is 0 Å². The van der Waals surface area contributed by atoms with Gasteiger partial charge in [0.25, 0.3) is 0 Å². The van der Waals surface area contributed by atoms with E-state index in [1.807, 2.05) is 0 Å². The van der Waals surface area contributed by atoms with E-state index >= 15 is 0 Å². The summed E-state index contributed by atoms with van der Waals surface area (Å²) in [5.41, 5.74) is 6.15. The average Bonchev–Trinajstić information content (AvgIpc) is 2.21. The van der Waals surface area contributed by atoms with Gasteiger partial charge in [0.15, 0.2) is 0 Å². The van der Waals surface area contributed by atoms with Crippen LogP contribution in [0.2, 0.25) is 0 Å². The van der Waals surface area contributed by atoms with Crippen molar-refractivity contribution in [1.82, 2.24) is 5.32 Å². The highest BCUT2D eigenvalue weighted by Crippen LogP contribution is 2.33. The second kappa shape index (κ2) is 5.38. The molecular formula is C11H24N2S. The molecule has 3 unspecified atom stereocenters. The van der Waals surface area contributed by atoms with Crippen molar-refractivity contribution in [1.29, 1.82) is 0 Å². The van der Waals surface area contributed by atoms with E-state index in [9.17, 15) is 0 Å². The molecule has 0 aromatic carbocycles. The first-order valence-electron chi connectivity index (χ1n) is 5.74. The van der Waals surface area contributed by atoms with Crippen molar-refractivity contribution in [3.8, 4) is 0 Å². The van der Waals surface area contributed by atoms with Crippen molar-refractivity contribution >= 4 is 11.8 Å². The van der Waals surface area contributed by atoms with Gasteiger partial charge in [-0.1, -0.05) is 13.8 Å². The van der Waals surface area contributed by atoms with Crippen LogP contribution in [0.3, 0.4) is 0 Å². The Hall–Kier alpha value is 0.270. The summed E-state index contributed by atoms with van der Waals surface area (Å²) in [4.78, 5) is 0. The van der Waals surface area contributed by atoms with E-state index in [-0.39, 0.29) is 5.54 Å². The SMILES string of the molecule is CCC(C)NC1(CN)CCCSC1C. The molecule has 0 spiro atoms. The number of thioether (sulfide) groups is 1. The first-order chi connectivity index (χ1) is 6.64. The van der Waals surface area contributed by atoms with Gasteiger partial charge in [-0.05, 0) is 31.9 Å². The maximum Gasteiger partial charge on any atom is 0.0423 e. The van der Waals surface area contributed by atoms with Gasteiger partial charge in [0.1, 0.15) is 0 Å². The zero-order chi connectivity index (χ0) is 10.6. The number of hydrogen-bond acceptors (Lipinski definition) is 3. The second-order valence-electron chi connectivity index (χ2n) is 4.43. The van der Waals surface area contributed by atoms with E-state index in [1.165, 1.54) is 25.0 Å². The van der Waals surface area contributed by atoms with Crippen LogP contribution in [-0.2, 0) is 0 Å². The largest absolute Gasteiger partial charge is 0.329 e. The normalized spacial score (nSPS) is 35.6. The Morgan fingerprint density at radius 1 is 1.64 bits per heavy atom. The van der Waals surface area contributed by atoms with Gasteiger partial charge in [0, 0.05) is 23.4 Å². The quantitative estimate of drug-likeness (QED) is 0.755. The molecule has 3 N–H and O–H groups in total. The molecule has 3 atom stereocenters. The molecule has 0 aromatic heterocycles. The van der Waals surface area contributed by atoms with E-state index in [1.54, 1.807) is 0 Å². The summed E-state index contributed by atoms with van der Waals surface area (Å²) in [6.45, 7) is 7.56. The standard InChI is InChI=1S/C11H24N2S/c1-4-9(2)13-11(8-12)6-5-7-14-10(11)3/h9-10,13H,4-8,12H2,1-3H3. The first-order valence-corrected chi connectivity index (χ1v) is 6.79. The van der Waals surface area contributed by atoms with Crippen molar-refractivity contribution in [3.05, 3.63) is 0 Å². The van der Waals surface area contributed by atoms with Crippen LogP contribution in [0.4, 0.5) is 0 Å². The minimum Gasteiger partial charge on any atom is -0.329 e. The van der Waals surface area contributed by atoms with Crippen LogP contribution in [0, 0.1) is 0 Å². The number of nitrogens with two attached hydrogens (primary N) is 1. The molecule has 0 amide bonds. The van der Waals surface area contributed by atoms with Gasteiger partial charge >= 0.3 is 0 Å². The van der Waals surface area contributed by atoms with E-state index in [0.29, 0.717) is 11.3 Å². The molecule has 3 heteroatoms. The molecule has 1 aliphatic rings. The van der Waals surface area contributed by atoms with Crippen LogP contribution in [0.15, 0.2) is 0 Å². The predicted octanol–water partition coefficient (Wildman–Crippen LogP) is 1.99. The third-order valence-corrected chi connectivity index (χ3v) is 4.90. The average molecular weight is 216 g/mol. The van der Waals surface area contributed by atoms with Gasteiger partial charge in [0.2, 0.25) is 0 Å². The zero-order valence-corrected chi connectivity index (χ0v) is 10.5. The Balaban J connectivity index is 2.62. The van der Waals surface area contributed by atoms with Crippen molar-refractivity contribution < 1.29 is 0 Å². The third-order valence-electron chi connectivity index (χ3n) is 3.42. The molecule has 0 radical (unpaired) electrons. The molecule has 0 aromatic rings. The molecule has 84 valence electrons. The maximum atomic E-state index is 5.96. The van der Waals surface area contributed by atoms with Crippen LogP contribution in [0.1, 0.15) is 40.0 Å². The fourth-order valence-electron chi connectivity index (χ4n) is 2.12. The highest BCUT2D eigenvalue weighted by atomic mass is 32.2. The molecule has 14 heavy (non-hydrogen) atoms. The van der Waals surface area contributed by atoms with Crippen LogP contribution in [0.5, 0.6) is 0 Å². The summed E-state index contributed by atoms with van der Waals surface area (Å²) in [5, 5.41) is 4.38. The molecule has 1 aliphatic heterocycles. The lowest BCUT2D eigenvalue weighted by Crippen LogP contribution is -2.61. The molecule has 0 bridgehead atoms. The Bertz CT molecular complexity index is 175. The minimum atomic E-state index is 0.193. The molecular weight excluding hydrogens is 192 g/mol. The van der Waals surface area contributed by atoms with Crippen LogP contribution in [0.25, 0.3) is 0 Å². The maximum absolute atomic E-state index is 5.96. The van der Waals surface area contributed by atoms with Crippen LogP contribution < -0.4 is 11.1 Å². The molecule has 1 fully saturated rings. The Morgan fingerprint density at radius 3 is 2.86 bits per heavy atom. The molecule has 0 saturated carbocycles. The fourth-order valence-corrected chi connectivity index (χ4v) is 3.39. The second-order valence-corrected chi connectivity index (χ2v) is 5.88. The van der Waals surface area contributed by atoms with Gasteiger partial charge < -0.3 is 11.1 Å². The summed E-state index contributed by atoms with van der Waals surface area (Å²) in [7, 11) is 0. The number of nitrogens with one attached hydrogen (secondary N) is 1. The smallest absolute Gasteiger partial charge is 0.0423 e. The fraction of sp³-hybridized carbons (Fsp3) is 1.00. The summed E-state index contributed by atoms with van der Waals surface area (Å²) in [6, 6.07) is 0.583. The van der Waals surface area contributed by atoms with E-state index in [4.69, 9.17) is 5.73 Å². The highest BCUT2D eigenvalue weighted by molar-refractivity contribution is 8.00.